The molecule has 88 valence electrons. The summed E-state index contributed by atoms with van der Waals surface area (Å²) in [5.74, 6) is -0.755. The molecule has 0 saturated heterocycles. The molecular formula is C12H17NO3. The van der Waals surface area contributed by atoms with E-state index in [1.54, 1.807) is 7.11 Å². The van der Waals surface area contributed by atoms with Crippen LogP contribution in [0.4, 0.5) is 5.69 Å². The van der Waals surface area contributed by atoms with Gasteiger partial charge in [0.1, 0.15) is 0 Å². The minimum atomic E-state index is -0.755. The highest BCUT2D eigenvalue weighted by atomic mass is 16.5. The van der Waals surface area contributed by atoms with Crippen molar-refractivity contribution in [3.63, 3.8) is 0 Å². The van der Waals surface area contributed by atoms with E-state index in [1.807, 2.05) is 24.3 Å². The van der Waals surface area contributed by atoms with E-state index in [0.29, 0.717) is 19.6 Å². The van der Waals surface area contributed by atoms with Gasteiger partial charge in [0.15, 0.2) is 0 Å². The van der Waals surface area contributed by atoms with Crippen molar-refractivity contribution in [3.05, 3.63) is 29.8 Å². The maximum atomic E-state index is 10.3. The number of aliphatic carboxylic acids is 1. The molecule has 2 N–H and O–H groups in total. The van der Waals surface area contributed by atoms with Crippen molar-refractivity contribution in [1.29, 1.82) is 0 Å². The Morgan fingerprint density at radius 3 is 3.00 bits per heavy atom. The average molecular weight is 223 g/mol. The number of carbonyl (C=O) groups is 1. The fraction of sp³-hybridized carbons (Fsp3) is 0.417. The van der Waals surface area contributed by atoms with Crippen LogP contribution in [-0.4, -0.2) is 24.7 Å². The van der Waals surface area contributed by atoms with Crippen LogP contribution in [0, 0.1) is 0 Å². The number of hydrogen-bond acceptors (Lipinski definition) is 3. The van der Waals surface area contributed by atoms with Gasteiger partial charge < -0.3 is 15.2 Å². The first kappa shape index (κ1) is 12.5. The average Bonchev–Trinajstić information content (AvgIpc) is 2.25. The Labute approximate surface area is 95.2 Å². The van der Waals surface area contributed by atoms with Crippen LogP contribution in [0.1, 0.15) is 18.4 Å². The number of anilines is 1. The van der Waals surface area contributed by atoms with E-state index in [2.05, 4.69) is 5.32 Å². The molecule has 0 radical (unpaired) electrons. The van der Waals surface area contributed by atoms with Crippen LogP contribution in [0.25, 0.3) is 0 Å². The van der Waals surface area contributed by atoms with E-state index in [1.165, 1.54) is 0 Å². The molecule has 0 unspecified atom stereocenters. The van der Waals surface area contributed by atoms with Crippen molar-refractivity contribution in [3.8, 4) is 0 Å². The van der Waals surface area contributed by atoms with Gasteiger partial charge in [-0.15, -0.1) is 0 Å². The third-order valence-corrected chi connectivity index (χ3v) is 2.13. The van der Waals surface area contributed by atoms with Gasteiger partial charge >= 0.3 is 5.97 Å². The molecule has 0 fully saturated rings. The Morgan fingerprint density at radius 2 is 2.31 bits per heavy atom. The molecule has 0 bridgehead atoms. The highest BCUT2D eigenvalue weighted by Crippen LogP contribution is 2.11. The molecule has 0 spiro atoms. The fourth-order valence-electron chi connectivity index (χ4n) is 1.41. The van der Waals surface area contributed by atoms with E-state index in [0.717, 1.165) is 11.3 Å². The largest absolute Gasteiger partial charge is 0.481 e. The minimum Gasteiger partial charge on any atom is -0.481 e. The van der Waals surface area contributed by atoms with Gasteiger partial charge in [0.25, 0.3) is 0 Å². The molecule has 4 heteroatoms. The molecule has 4 nitrogen and oxygen atoms in total. The van der Waals surface area contributed by atoms with Crippen molar-refractivity contribution >= 4 is 11.7 Å². The Bertz CT molecular complexity index is 339. The Balaban J connectivity index is 2.35. The highest BCUT2D eigenvalue weighted by molar-refractivity contribution is 5.66. The molecule has 0 aliphatic heterocycles. The van der Waals surface area contributed by atoms with Crippen LogP contribution in [0.5, 0.6) is 0 Å². The molecule has 0 aromatic heterocycles. The van der Waals surface area contributed by atoms with Crippen LogP contribution in [0.15, 0.2) is 24.3 Å². The van der Waals surface area contributed by atoms with Gasteiger partial charge in [0.2, 0.25) is 0 Å². The van der Waals surface area contributed by atoms with E-state index >= 15 is 0 Å². The summed E-state index contributed by atoms with van der Waals surface area (Å²) in [5.41, 5.74) is 2.10. The van der Waals surface area contributed by atoms with Crippen molar-refractivity contribution in [2.45, 2.75) is 19.4 Å². The van der Waals surface area contributed by atoms with Gasteiger partial charge in [-0.05, 0) is 24.1 Å². The summed E-state index contributed by atoms with van der Waals surface area (Å²) in [5, 5.41) is 11.7. The van der Waals surface area contributed by atoms with Crippen molar-refractivity contribution in [2.75, 3.05) is 19.0 Å². The first-order valence-electron chi connectivity index (χ1n) is 5.26. The molecule has 0 aliphatic rings. The summed E-state index contributed by atoms with van der Waals surface area (Å²) in [6.45, 7) is 1.26. The maximum absolute atomic E-state index is 10.3. The van der Waals surface area contributed by atoms with Gasteiger partial charge in [-0.3, -0.25) is 4.79 Å². The summed E-state index contributed by atoms with van der Waals surface area (Å²) in [4.78, 5) is 10.3. The van der Waals surface area contributed by atoms with Gasteiger partial charge in [-0.2, -0.15) is 0 Å². The molecule has 1 rings (SSSR count). The Hall–Kier alpha value is -1.55. The molecule has 0 atom stereocenters. The third-order valence-electron chi connectivity index (χ3n) is 2.13. The fourth-order valence-corrected chi connectivity index (χ4v) is 1.41. The second-order valence-corrected chi connectivity index (χ2v) is 3.56. The highest BCUT2D eigenvalue weighted by Gasteiger charge is 1.97. The lowest BCUT2D eigenvalue weighted by molar-refractivity contribution is -0.137. The van der Waals surface area contributed by atoms with Gasteiger partial charge in [0, 0.05) is 25.8 Å². The monoisotopic (exact) mass is 223 g/mol. The lowest BCUT2D eigenvalue weighted by Crippen LogP contribution is -2.05. The molecule has 0 aliphatic carbocycles. The van der Waals surface area contributed by atoms with Crippen LogP contribution < -0.4 is 5.32 Å². The van der Waals surface area contributed by atoms with Crippen LogP contribution in [0.2, 0.25) is 0 Å². The van der Waals surface area contributed by atoms with E-state index in [-0.39, 0.29) is 6.42 Å². The summed E-state index contributed by atoms with van der Waals surface area (Å²) in [7, 11) is 1.66. The van der Waals surface area contributed by atoms with Gasteiger partial charge in [-0.1, -0.05) is 12.1 Å². The number of hydrogen-bond donors (Lipinski definition) is 2. The number of carboxylic acids is 1. The number of rotatable bonds is 7. The van der Waals surface area contributed by atoms with E-state index < -0.39 is 5.97 Å². The van der Waals surface area contributed by atoms with Crippen LogP contribution in [-0.2, 0) is 16.1 Å². The van der Waals surface area contributed by atoms with E-state index in [9.17, 15) is 4.79 Å². The second-order valence-electron chi connectivity index (χ2n) is 3.56. The number of benzene rings is 1. The topological polar surface area (TPSA) is 58.6 Å². The number of ether oxygens (including phenoxy) is 1. The molecule has 0 heterocycles. The maximum Gasteiger partial charge on any atom is 0.303 e. The third kappa shape index (κ3) is 4.79. The zero-order valence-corrected chi connectivity index (χ0v) is 9.40. The smallest absolute Gasteiger partial charge is 0.303 e. The quantitative estimate of drug-likeness (QED) is 0.695. The van der Waals surface area contributed by atoms with Crippen LogP contribution in [0.3, 0.4) is 0 Å². The van der Waals surface area contributed by atoms with Crippen LogP contribution >= 0.6 is 0 Å². The summed E-state index contributed by atoms with van der Waals surface area (Å²) >= 11 is 0. The lowest BCUT2D eigenvalue weighted by Gasteiger charge is -2.07. The Kier molecular flexibility index (Phi) is 5.36. The standard InChI is InChI=1S/C12H17NO3/c1-16-9-10-4-2-5-11(8-10)13-7-3-6-12(14)15/h2,4-5,8,13H,3,6-7,9H2,1H3,(H,14,15). The lowest BCUT2D eigenvalue weighted by atomic mass is 10.2. The summed E-state index contributed by atoms with van der Waals surface area (Å²) in [6, 6.07) is 7.91. The van der Waals surface area contributed by atoms with Crippen molar-refractivity contribution < 1.29 is 14.6 Å². The molecule has 1 aromatic rings. The number of nitrogens with one attached hydrogen (secondary N) is 1. The normalized spacial score (nSPS) is 10.1. The SMILES string of the molecule is COCc1cccc(NCCCC(=O)O)c1. The molecule has 0 amide bonds. The second kappa shape index (κ2) is 6.85. The first-order valence-corrected chi connectivity index (χ1v) is 5.26. The first-order chi connectivity index (χ1) is 7.72. The number of carboxylic acid groups (broad SMARTS) is 1. The Morgan fingerprint density at radius 1 is 1.50 bits per heavy atom. The zero-order valence-electron chi connectivity index (χ0n) is 9.40. The van der Waals surface area contributed by atoms with Crippen molar-refractivity contribution in [1.82, 2.24) is 0 Å². The van der Waals surface area contributed by atoms with Crippen molar-refractivity contribution in [2.24, 2.45) is 0 Å². The minimum absolute atomic E-state index is 0.199. The predicted molar refractivity (Wildman–Crippen MR) is 62.5 cm³/mol. The zero-order chi connectivity index (χ0) is 11.8. The van der Waals surface area contributed by atoms with E-state index in [4.69, 9.17) is 9.84 Å². The summed E-state index contributed by atoms with van der Waals surface area (Å²) < 4.78 is 5.03. The van der Waals surface area contributed by atoms with Gasteiger partial charge in [0.05, 0.1) is 6.61 Å². The number of methoxy groups -OCH3 is 1. The molecular weight excluding hydrogens is 206 g/mol. The molecule has 0 saturated carbocycles. The molecule has 16 heavy (non-hydrogen) atoms. The van der Waals surface area contributed by atoms with Gasteiger partial charge in [-0.25, -0.2) is 0 Å². The summed E-state index contributed by atoms with van der Waals surface area (Å²) in [6.07, 6.45) is 0.828. The molecule has 1 aromatic carbocycles. The predicted octanol–water partition coefficient (Wildman–Crippen LogP) is 2.11.